The quantitative estimate of drug-likeness (QED) is 0.452. The lowest BCUT2D eigenvalue weighted by Gasteiger charge is -2.19. The summed E-state index contributed by atoms with van der Waals surface area (Å²) in [7, 11) is -5.92. The smallest absolute Gasteiger partial charge is 0.376 e. The second-order valence-corrected chi connectivity index (χ2v) is 6.79. The lowest BCUT2D eigenvalue weighted by atomic mass is 9.97. The van der Waals surface area contributed by atoms with Crippen molar-refractivity contribution in [2.24, 2.45) is 0 Å². The molecule has 1 fully saturated rings. The van der Waals surface area contributed by atoms with E-state index >= 15 is 0 Å². The molecular weight excluding hydrogens is 380 g/mol. The molecule has 1 aromatic rings. The van der Waals surface area contributed by atoms with Crippen LogP contribution in [0.1, 0.15) is 17.9 Å². The summed E-state index contributed by atoms with van der Waals surface area (Å²) in [6, 6.07) is 4.80. The standard InChI is InChI=1S/C13H11F6NO4S/c14-12(15,16)11(21)20-6-5-8(7-20)9-3-1-2-4-10(9)24-25(22,23)13(17,18)19/h1-4,8H,5-7H2. The van der Waals surface area contributed by atoms with Gasteiger partial charge in [0.2, 0.25) is 0 Å². The average molecular weight is 391 g/mol. The molecule has 0 bridgehead atoms. The number of halogens is 6. The molecule has 1 atom stereocenters. The van der Waals surface area contributed by atoms with E-state index in [4.69, 9.17) is 0 Å². The van der Waals surface area contributed by atoms with Crippen LogP contribution in [0.5, 0.6) is 5.75 Å². The maximum atomic E-state index is 12.4. The van der Waals surface area contributed by atoms with Crippen LogP contribution in [0.2, 0.25) is 0 Å². The molecule has 5 nitrogen and oxygen atoms in total. The fraction of sp³-hybridized carbons (Fsp3) is 0.462. The van der Waals surface area contributed by atoms with Crippen LogP contribution in [0, 0.1) is 0 Å². The number of para-hydroxylation sites is 1. The molecule has 0 spiro atoms. The van der Waals surface area contributed by atoms with Gasteiger partial charge >= 0.3 is 27.7 Å². The Morgan fingerprint density at radius 1 is 1.12 bits per heavy atom. The predicted molar refractivity (Wildman–Crippen MR) is 72.0 cm³/mol. The third-order valence-corrected chi connectivity index (χ3v) is 4.53. The highest BCUT2D eigenvalue weighted by atomic mass is 32.2. The Kier molecular flexibility index (Phi) is 4.94. The number of carbonyl (C=O) groups is 1. The van der Waals surface area contributed by atoms with Crippen LogP contribution in [0.3, 0.4) is 0 Å². The van der Waals surface area contributed by atoms with Gasteiger partial charge in [0.1, 0.15) is 5.75 Å². The van der Waals surface area contributed by atoms with Crippen LogP contribution in [0.15, 0.2) is 24.3 Å². The van der Waals surface area contributed by atoms with Gasteiger partial charge in [0.05, 0.1) is 0 Å². The second kappa shape index (κ2) is 6.39. The lowest BCUT2D eigenvalue weighted by molar-refractivity contribution is -0.184. The van der Waals surface area contributed by atoms with Crippen molar-refractivity contribution in [2.75, 3.05) is 13.1 Å². The molecule has 1 aliphatic rings. The first-order valence-corrected chi connectivity index (χ1v) is 8.19. The number of nitrogens with zero attached hydrogens (tertiary/aromatic N) is 1. The molecule has 0 aliphatic carbocycles. The van der Waals surface area contributed by atoms with E-state index in [1.165, 1.54) is 18.2 Å². The monoisotopic (exact) mass is 391 g/mol. The summed E-state index contributed by atoms with van der Waals surface area (Å²) in [5.74, 6) is -3.48. The third kappa shape index (κ3) is 4.17. The van der Waals surface area contributed by atoms with Crippen LogP contribution < -0.4 is 4.18 Å². The van der Waals surface area contributed by atoms with E-state index in [0.717, 1.165) is 6.07 Å². The van der Waals surface area contributed by atoms with Gasteiger partial charge in [-0.1, -0.05) is 18.2 Å². The van der Waals surface area contributed by atoms with Crippen molar-refractivity contribution in [1.82, 2.24) is 4.90 Å². The fourth-order valence-corrected chi connectivity index (χ4v) is 2.92. The summed E-state index contributed by atoms with van der Waals surface area (Å²) >= 11 is 0. The molecule has 1 unspecified atom stereocenters. The SMILES string of the molecule is O=C(N1CCC(c2ccccc2OS(=O)(=O)C(F)(F)F)C1)C(F)(F)F. The van der Waals surface area contributed by atoms with Crippen LogP contribution >= 0.6 is 0 Å². The highest BCUT2D eigenvalue weighted by Crippen LogP contribution is 2.37. The Bertz CT molecular complexity index is 759. The van der Waals surface area contributed by atoms with Crippen LogP contribution in [-0.2, 0) is 14.9 Å². The zero-order valence-corrected chi connectivity index (χ0v) is 13.1. The molecule has 25 heavy (non-hydrogen) atoms. The molecule has 1 aliphatic heterocycles. The first-order chi connectivity index (χ1) is 11.3. The summed E-state index contributed by atoms with van der Waals surface area (Å²) in [4.78, 5) is 11.7. The van der Waals surface area contributed by atoms with E-state index in [1.54, 1.807) is 0 Å². The normalized spacial score (nSPS) is 19.1. The Morgan fingerprint density at radius 3 is 2.28 bits per heavy atom. The zero-order chi connectivity index (χ0) is 19.0. The molecule has 12 heteroatoms. The van der Waals surface area contributed by atoms with E-state index in [0.29, 0.717) is 4.90 Å². The number of alkyl halides is 6. The fourth-order valence-electron chi connectivity index (χ4n) is 2.44. The van der Waals surface area contributed by atoms with Gasteiger partial charge in [-0.2, -0.15) is 34.8 Å². The second-order valence-electron chi connectivity index (χ2n) is 5.26. The van der Waals surface area contributed by atoms with Gasteiger partial charge < -0.3 is 9.08 Å². The Morgan fingerprint density at radius 2 is 1.72 bits per heavy atom. The van der Waals surface area contributed by atoms with E-state index < -0.39 is 45.9 Å². The predicted octanol–water partition coefficient (Wildman–Crippen LogP) is 2.79. The highest BCUT2D eigenvalue weighted by molar-refractivity contribution is 7.88. The minimum atomic E-state index is -5.92. The molecule has 1 aromatic carbocycles. The molecular formula is C13H11F6NO4S. The summed E-state index contributed by atoms with van der Waals surface area (Å²) in [6.07, 6.45) is -5.04. The van der Waals surface area contributed by atoms with Crippen LogP contribution in [0.25, 0.3) is 0 Å². The number of likely N-dealkylation sites (tertiary alicyclic amines) is 1. The van der Waals surface area contributed by atoms with Gasteiger partial charge in [0.25, 0.3) is 0 Å². The maximum Gasteiger partial charge on any atom is 0.534 e. The van der Waals surface area contributed by atoms with Crippen molar-refractivity contribution in [3.63, 3.8) is 0 Å². The number of amides is 1. The Hall–Kier alpha value is -1.98. The van der Waals surface area contributed by atoms with Crippen LogP contribution in [-0.4, -0.2) is 44.0 Å². The third-order valence-electron chi connectivity index (χ3n) is 3.56. The van der Waals surface area contributed by atoms with Crippen molar-refractivity contribution in [1.29, 1.82) is 0 Å². The van der Waals surface area contributed by atoms with Crippen molar-refractivity contribution in [2.45, 2.75) is 24.0 Å². The Balaban J connectivity index is 2.24. The molecule has 0 N–H and O–H groups in total. The van der Waals surface area contributed by atoms with Gasteiger partial charge in [-0.05, 0) is 12.5 Å². The van der Waals surface area contributed by atoms with Gasteiger partial charge in [0, 0.05) is 24.6 Å². The Labute approximate surface area is 138 Å². The minimum absolute atomic E-state index is 0.0206. The number of carbonyl (C=O) groups excluding carboxylic acids is 1. The number of benzene rings is 1. The molecule has 0 radical (unpaired) electrons. The highest BCUT2D eigenvalue weighted by Gasteiger charge is 2.49. The molecule has 1 saturated heterocycles. The van der Waals surface area contributed by atoms with Crippen molar-refractivity contribution in [3.05, 3.63) is 29.8 Å². The van der Waals surface area contributed by atoms with E-state index in [2.05, 4.69) is 4.18 Å². The van der Waals surface area contributed by atoms with E-state index in [1.807, 2.05) is 0 Å². The first kappa shape index (κ1) is 19.3. The molecule has 140 valence electrons. The summed E-state index contributed by atoms with van der Waals surface area (Å²) < 4.78 is 101. The van der Waals surface area contributed by atoms with Gasteiger partial charge in [0.15, 0.2) is 0 Å². The molecule has 0 saturated carbocycles. The maximum absolute atomic E-state index is 12.4. The summed E-state index contributed by atoms with van der Waals surface area (Å²) in [6.45, 7) is -0.672. The largest absolute Gasteiger partial charge is 0.534 e. The number of hydrogen-bond donors (Lipinski definition) is 0. The molecule has 1 amide bonds. The topological polar surface area (TPSA) is 63.7 Å². The molecule has 0 aromatic heterocycles. The summed E-state index contributed by atoms with van der Waals surface area (Å²) in [5, 5.41) is 0. The van der Waals surface area contributed by atoms with E-state index in [-0.39, 0.29) is 18.5 Å². The molecule has 1 heterocycles. The number of hydrogen-bond acceptors (Lipinski definition) is 4. The first-order valence-electron chi connectivity index (χ1n) is 6.78. The van der Waals surface area contributed by atoms with Gasteiger partial charge in [-0.25, -0.2) is 0 Å². The zero-order valence-electron chi connectivity index (χ0n) is 12.3. The van der Waals surface area contributed by atoms with Crippen LogP contribution in [0.4, 0.5) is 26.3 Å². The lowest BCUT2D eigenvalue weighted by Crippen LogP contribution is -2.39. The minimum Gasteiger partial charge on any atom is -0.376 e. The van der Waals surface area contributed by atoms with E-state index in [9.17, 15) is 39.6 Å². The average Bonchev–Trinajstić information content (AvgIpc) is 2.93. The van der Waals surface area contributed by atoms with Crippen molar-refractivity contribution >= 4 is 16.0 Å². The van der Waals surface area contributed by atoms with Crippen molar-refractivity contribution < 1.29 is 43.7 Å². The van der Waals surface area contributed by atoms with Gasteiger partial charge in [-0.15, -0.1) is 0 Å². The van der Waals surface area contributed by atoms with Crippen molar-refractivity contribution in [3.8, 4) is 5.75 Å². The number of rotatable bonds is 3. The summed E-state index contributed by atoms with van der Waals surface area (Å²) in [5.41, 5.74) is -5.67. The molecule has 2 rings (SSSR count). The van der Waals surface area contributed by atoms with Gasteiger partial charge in [-0.3, -0.25) is 4.79 Å².